The molecular formula is C15H33N3O. The van der Waals surface area contributed by atoms with E-state index in [0.29, 0.717) is 12.1 Å². The standard InChI is InChI=1S/C15H33N3O/c1-5-17(6-2)9-8-10-18(7-3)13-14-11-15(19-4)12-16-14/h14-16H,5-13H2,1-4H3. The molecule has 0 bridgehead atoms. The van der Waals surface area contributed by atoms with Crippen LogP contribution in [0.15, 0.2) is 0 Å². The van der Waals surface area contributed by atoms with Gasteiger partial charge in [0.1, 0.15) is 0 Å². The Bertz CT molecular complexity index is 221. The molecule has 0 radical (unpaired) electrons. The minimum atomic E-state index is 0.416. The maximum atomic E-state index is 5.41. The number of rotatable bonds is 10. The molecule has 19 heavy (non-hydrogen) atoms. The van der Waals surface area contributed by atoms with Crippen molar-refractivity contribution in [3.05, 3.63) is 0 Å². The van der Waals surface area contributed by atoms with Crippen LogP contribution in [-0.2, 0) is 4.74 Å². The molecule has 0 aromatic rings. The molecule has 0 spiro atoms. The molecule has 1 saturated heterocycles. The Morgan fingerprint density at radius 1 is 1.05 bits per heavy atom. The quantitative estimate of drug-likeness (QED) is 0.650. The van der Waals surface area contributed by atoms with E-state index < -0.39 is 0 Å². The van der Waals surface area contributed by atoms with Gasteiger partial charge in [0.25, 0.3) is 0 Å². The van der Waals surface area contributed by atoms with E-state index in [9.17, 15) is 0 Å². The van der Waals surface area contributed by atoms with Crippen molar-refractivity contribution in [1.29, 1.82) is 0 Å². The van der Waals surface area contributed by atoms with Gasteiger partial charge in [-0.15, -0.1) is 0 Å². The molecule has 1 rings (SSSR count). The number of methoxy groups -OCH3 is 1. The maximum absolute atomic E-state index is 5.41. The van der Waals surface area contributed by atoms with Gasteiger partial charge >= 0.3 is 0 Å². The first-order valence-electron chi connectivity index (χ1n) is 7.94. The van der Waals surface area contributed by atoms with Crippen LogP contribution in [0.4, 0.5) is 0 Å². The van der Waals surface area contributed by atoms with Crippen LogP contribution in [-0.4, -0.2) is 74.9 Å². The highest BCUT2D eigenvalue weighted by molar-refractivity contribution is 4.84. The van der Waals surface area contributed by atoms with E-state index in [4.69, 9.17) is 4.74 Å². The average Bonchev–Trinajstić information content (AvgIpc) is 2.90. The topological polar surface area (TPSA) is 27.7 Å². The monoisotopic (exact) mass is 271 g/mol. The van der Waals surface area contributed by atoms with Crippen molar-refractivity contribution >= 4 is 0 Å². The first-order chi connectivity index (χ1) is 9.23. The number of likely N-dealkylation sites (N-methyl/N-ethyl adjacent to an activating group) is 1. The molecule has 1 aliphatic rings. The smallest absolute Gasteiger partial charge is 0.0711 e. The molecular weight excluding hydrogens is 238 g/mol. The zero-order chi connectivity index (χ0) is 14.1. The van der Waals surface area contributed by atoms with Crippen molar-refractivity contribution in [2.24, 2.45) is 0 Å². The maximum Gasteiger partial charge on any atom is 0.0711 e. The summed E-state index contributed by atoms with van der Waals surface area (Å²) in [5.41, 5.74) is 0. The highest BCUT2D eigenvalue weighted by Gasteiger charge is 2.24. The number of nitrogens with one attached hydrogen (secondary N) is 1. The molecule has 1 N–H and O–H groups in total. The number of nitrogens with zero attached hydrogens (tertiary/aromatic N) is 2. The van der Waals surface area contributed by atoms with Gasteiger partial charge in [0.05, 0.1) is 6.10 Å². The van der Waals surface area contributed by atoms with Crippen LogP contribution in [0, 0.1) is 0 Å². The van der Waals surface area contributed by atoms with Gasteiger partial charge in [-0.2, -0.15) is 0 Å². The number of hydrogen-bond acceptors (Lipinski definition) is 4. The van der Waals surface area contributed by atoms with Crippen LogP contribution in [0.1, 0.15) is 33.6 Å². The fourth-order valence-electron chi connectivity index (χ4n) is 2.85. The fraction of sp³-hybridized carbons (Fsp3) is 1.00. The van der Waals surface area contributed by atoms with Gasteiger partial charge < -0.3 is 19.9 Å². The first-order valence-corrected chi connectivity index (χ1v) is 7.94. The van der Waals surface area contributed by atoms with Crippen molar-refractivity contribution in [2.45, 2.75) is 45.8 Å². The van der Waals surface area contributed by atoms with Crippen LogP contribution in [0.3, 0.4) is 0 Å². The highest BCUT2D eigenvalue weighted by atomic mass is 16.5. The summed E-state index contributed by atoms with van der Waals surface area (Å²) in [7, 11) is 1.82. The molecule has 0 amide bonds. The molecule has 2 unspecified atom stereocenters. The van der Waals surface area contributed by atoms with Crippen LogP contribution in [0.25, 0.3) is 0 Å². The van der Waals surface area contributed by atoms with E-state index in [1.165, 1.54) is 32.6 Å². The van der Waals surface area contributed by atoms with Crippen molar-refractivity contribution in [3.63, 3.8) is 0 Å². The van der Waals surface area contributed by atoms with E-state index in [1.807, 2.05) is 7.11 Å². The molecule has 0 aromatic heterocycles. The third-order valence-corrected chi connectivity index (χ3v) is 4.28. The summed E-state index contributed by atoms with van der Waals surface area (Å²) < 4.78 is 5.41. The van der Waals surface area contributed by atoms with Crippen molar-refractivity contribution in [3.8, 4) is 0 Å². The van der Waals surface area contributed by atoms with E-state index in [0.717, 1.165) is 26.1 Å². The summed E-state index contributed by atoms with van der Waals surface area (Å²) in [6.45, 7) is 14.8. The van der Waals surface area contributed by atoms with Gasteiger partial charge in [-0.25, -0.2) is 0 Å². The summed E-state index contributed by atoms with van der Waals surface area (Å²) in [5, 5.41) is 3.57. The largest absolute Gasteiger partial charge is 0.380 e. The average molecular weight is 271 g/mol. The van der Waals surface area contributed by atoms with Gasteiger partial charge in [-0.3, -0.25) is 0 Å². The second-order valence-electron chi connectivity index (χ2n) is 5.47. The van der Waals surface area contributed by atoms with E-state index in [1.54, 1.807) is 0 Å². The van der Waals surface area contributed by atoms with Crippen molar-refractivity contribution in [1.82, 2.24) is 15.1 Å². The second kappa shape index (κ2) is 9.70. The Labute approximate surface area is 119 Å². The van der Waals surface area contributed by atoms with E-state index in [2.05, 4.69) is 35.9 Å². The molecule has 0 aliphatic carbocycles. The SMILES string of the molecule is CCN(CC)CCCN(CC)CC1CC(OC)CN1. The van der Waals surface area contributed by atoms with Gasteiger partial charge in [0.15, 0.2) is 0 Å². The Morgan fingerprint density at radius 2 is 1.68 bits per heavy atom. The van der Waals surface area contributed by atoms with Gasteiger partial charge in [-0.1, -0.05) is 20.8 Å². The third kappa shape index (κ3) is 6.21. The predicted octanol–water partition coefficient (Wildman–Crippen LogP) is 1.42. The summed E-state index contributed by atoms with van der Waals surface area (Å²) >= 11 is 0. The minimum Gasteiger partial charge on any atom is -0.380 e. The lowest BCUT2D eigenvalue weighted by Gasteiger charge is -2.25. The molecule has 2 atom stereocenters. The normalized spacial score (nSPS) is 23.7. The van der Waals surface area contributed by atoms with Crippen LogP contribution in [0.2, 0.25) is 0 Å². The van der Waals surface area contributed by atoms with Gasteiger partial charge in [0, 0.05) is 26.2 Å². The zero-order valence-corrected chi connectivity index (χ0v) is 13.3. The molecule has 0 saturated carbocycles. The summed E-state index contributed by atoms with van der Waals surface area (Å²) in [5.74, 6) is 0. The molecule has 114 valence electrons. The fourth-order valence-corrected chi connectivity index (χ4v) is 2.85. The van der Waals surface area contributed by atoms with Crippen molar-refractivity contribution < 1.29 is 4.74 Å². The summed E-state index contributed by atoms with van der Waals surface area (Å²) in [6, 6.07) is 0.610. The number of hydrogen-bond donors (Lipinski definition) is 1. The van der Waals surface area contributed by atoms with Gasteiger partial charge in [0.2, 0.25) is 0 Å². The predicted molar refractivity (Wildman–Crippen MR) is 81.7 cm³/mol. The molecule has 0 aromatic carbocycles. The first kappa shape index (κ1) is 16.9. The molecule has 4 nitrogen and oxygen atoms in total. The lowest BCUT2D eigenvalue weighted by atomic mass is 10.2. The lowest BCUT2D eigenvalue weighted by Crippen LogP contribution is -2.38. The Balaban J connectivity index is 2.19. The lowest BCUT2D eigenvalue weighted by molar-refractivity contribution is 0.115. The minimum absolute atomic E-state index is 0.416. The van der Waals surface area contributed by atoms with Gasteiger partial charge in [-0.05, 0) is 45.6 Å². The Hall–Kier alpha value is -0.160. The second-order valence-corrected chi connectivity index (χ2v) is 5.47. The summed E-state index contributed by atoms with van der Waals surface area (Å²) in [6.07, 6.45) is 2.85. The molecule has 1 aliphatic heterocycles. The Morgan fingerprint density at radius 3 is 2.21 bits per heavy atom. The summed E-state index contributed by atoms with van der Waals surface area (Å²) in [4.78, 5) is 5.07. The Kier molecular flexibility index (Phi) is 8.62. The zero-order valence-electron chi connectivity index (χ0n) is 13.3. The van der Waals surface area contributed by atoms with Crippen molar-refractivity contribution in [2.75, 3.05) is 52.9 Å². The van der Waals surface area contributed by atoms with Crippen LogP contribution in [0.5, 0.6) is 0 Å². The molecule has 1 fully saturated rings. The highest BCUT2D eigenvalue weighted by Crippen LogP contribution is 2.11. The third-order valence-electron chi connectivity index (χ3n) is 4.28. The van der Waals surface area contributed by atoms with Crippen LogP contribution < -0.4 is 5.32 Å². The molecule has 1 heterocycles. The van der Waals surface area contributed by atoms with Crippen LogP contribution >= 0.6 is 0 Å². The number of ether oxygens (including phenoxy) is 1. The molecule has 4 heteroatoms. The van der Waals surface area contributed by atoms with E-state index >= 15 is 0 Å². The van der Waals surface area contributed by atoms with E-state index in [-0.39, 0.29) is 0 Å².